The van der Waals surface area contributed by atoms with Gasteiger partial charge in [-0.15, -0.1) is 0 Å². The molecule has 2 aliphatic rings. The molecule has 0 bridgehead atoms. The van der Waals surface area contributed by atoms with Gasteiger partial charge in [-0.25, -0.2) is 8.78 Å². The van der Waals surface area contributed by atoms with Crippen LogP contribution in [0.15, 0.2) is 77.9 Å². The Labute approximate surface area is 285 Å². The minimum Gasteiger partial charge on any atom is -0.493 e. The van der Waals surface area contributed by atoms with E-state index in [9.17, 15) is 19.1 Å². The molecule has 4 heterocycles. The zero-order valence-electron chi connectivity index (χ0n) is 27.2. The highest BCUT2D eigenvalue weighted by molar-refractivity contribution is 6.06. The van der Waals surface area contributed by atoms with E-state index in [1.807, 2.05) is 0 Å². The molecule has 0 radical (unpaired) electrons. The first kappa shape index (κ1) is 33.0. The van der Waals surface area contributed by atoms with Gasteiger partial charge >= 0.3 is 0 Å². The van der Waals surface area contributed by atoms with Crippen molar-refractivity contribution in [3.05, 3.63) is 106 Å². The summed E-state index contributed by atoms with van der Waals surface area (Å²) in [5.41, 5.74) is 0.767. The van der Waals surface area contributed by atoms with Crippen molar-refractivity contribution in [3.63, 3.8) is 0 Å². The molecule has 13 heteroatoms. The molecule has 3 aromatic carbocycles. The molecule has 5 aromatic rings. The number of carbonyl (C=O) groups excluding carboxylic acids is 1. The van der Waals surface area contributed by atoms with Crippen LogP contribution >= 0.6 is 0 Å². The molecule has 0 aliphatic carbocycles. The number of hydrogen-bond donors (Lipinski definition) is 2. The Morgan fingerprint density at radius 2 is 1.82 bits per heavy atom. The van der Waals surface area contributed by atoms with E-state index in [-0.39, 0.29) is 35.5 Å². The molecule has 2 aliphatic heterocycles. The Morgan fingerprint density at radius 1 is 1.02 bits per heavy atom. The lowest BCUT2D eigenvalue weighted by Gasteiger charge is -2.29. The summed E-state index contributed by atoms with van der Waals surface area (Å²) in [7, 11) is 1.53. The van der Waals surface area contributed by atoms with E-state index in [1.54, 1.807) is 30.6 Å². The molecule has 1 amide bonds. The fourth-order valence-corrected chi connectivity index (χ4v) is 6.14. The van der Waals surface area contributed by atoms with Crippen LogP contribution in [0.4, 0.5) is 14.5 Å². The number of ether oxygens (including phenoxy) is 4. The van der Waals surface area contributed by atoms with Gasteiger partial charge < -0.3 is 29.4 Å². The number of halogens is 2. The topological polar surface area (TPSA) is 124 Å². The number of nitrogens with zero attached hydrogens (tertiary/aromatic N) is 3. The second kappa shape index (κ2) is 14.1. The summed E-state index contributed by atoms with van der Waals surface area (Å²) in [5, 5.41) is 12.9. The predicted octanol–water partition coefficient (Wildman–Crippen LogP) is 5.49. The number of rotatable bonds is 10. The Kier molecular flexibility index (Phi) is 9.33. The third-order valence-electron chi connectivity index (χ3n) is 8.80. The van der Waals surface area contributed by atoms with Gasteiger partial charge in [-0.1, -0.05) is 0 Å². The number of carbonyl (C=O) groups is 1. The third kappa shape index (κ3) is 6.82. The Balaban J connectivity index is 1.08. The number of aliphatic hydroxyl groups is 1. The second-order valence-corrected chi connectivity index (χ2v) is 12.1. The van der Waals surface area contributed by atoms with Crippen molar-refractivity contribution in [1.82, 2.24) is 14.5 Å². The van der Waals surface area contributed by atoms with E-state index >= 15 is 4.39 Å². The number of likely N-dealkylation sites (tertiary alicyclic amines) is 1. The van der Waals surface area contributed by atoms with Gasteiger partial charge in [0, 0.05) is 72.9 Å². The number of anilines is 1. The summed E-state index contributed by atoms with van der Waals surface area (Å²) in [5.74, 6) is -0.658. The van der Waals surface area contributed by atoms with Gasteiger partial charge in [-0.05, 0) is 61.4 Å². The molecule has 0 spiro atoms. The first-order valence-electron chi connectivity index (χ1n) is 16.2. The SMILES string of the molecule is COc1cc2c(Oc3ccc(NC(=O)c4c5c(cn(-c6ccc(F)cc6)c4=O)CCO5)cc3F)ccnc2cc1OCCN1CCC(O)CC1. The van der Waals surface area contributed by atoms with Gasteiger partial charge in [0.1, 0.15) is 29.5 Å². The molecule has 2 N–H and O–H groups in total. The van der Waals surface area contributed by atoms with Gasteiger partial charge in [0.2, 0.25) is 0 Å². The van der Waals surface area contributed by atoms with Crippen LogP contribution in [0, 0.1) is 11.6 Å². The molecule has 7 rings (SSSR count). The van der Waals surface area contributed by atoms with Gasteiger partial charge in [0.05, 0.1) is 25.3 Å². The van der Waals surface area contributed by atoms with E-state index in [0.717, 1.165) is 32.0 Å². The van der Waals surface area contributed by atoms with Crippen molar-refractivity contribution in [2.45, 2.75) is 25.4 Å². The Hall–Kier alpha value is -5.53. The molecule has 0 unspecified atom stereocenters. The van der Waals surface area contributed by atoms with Crippen LogP contribution in [-0.2, 0) is 6.42 Å². The highest BCUT2D eigenvalue weighted by atomic mass is 19.1. The van der Waals surface area contributed by atoms with E-state index < -0.39 is 23.1 Å². The first-order chi connectivity index (χ1) is 24.3. The quantitative estimate of drug-likeness (QED) is 0.197. The number of amides is 1. The van der Waals surface area contributed by atoms with Crippen LogP contribution in [0.5, 0.6) is 28.7 Å². The molecule has 50 heavy (non-hydrogen) atoms. The van der Waals surface area contributed by atoms with Crippen molar-refractivity contribution in [3.8, 4) is 34.4 Å². The van der Waals surface area contributed by atoms with E-state index in [2.05, 4.69) is 15.2 Å². The minimum absolute atomic E-state index is 0.0898. The van der Waals surface area contributed by atoms with Crippen LogP contribution in [0.2, 0.25) is 0 Å². The zero-order valence-corrected chi connectivity index (χ0v) is 27.2. The standard InChI is InChI=1S/C37H34F2N4O7/c1-47-32-19-27-29(20-33(32)48-17-15-42-13-9-26(44)10-14-42)40-12-8-30(27)50-31-7-4-24(18-28(31)39)41-36(45)34-35-22(11-16-49-35)21-43(37(34)46)25-5-2-23(38)3-6-25/h2-8,12,18-21,26,44H,9-11,13-17H2,1H3,(H,41,45). The number of aliphatic hydroxyl groups excluding tert-OH is 1. The molecule has 0 saturated carbocycles. The monoisotopic (exact) mass is 684 g/mol. The average Bonchev–Trinajstić information content (AvgIpc) is 3.58. The van der Waals surface area contributed by atoms with Crippen LogP contribution in [0.1, 0.15) is 28.8 Å². The number of fused-ring (bicyclic) bond motifs is 2. The third-order valence-corrected chi connectivity index (χ3v) is 8.80. The second-order valence-electron chi connectivity index (χ2n) is 12.1. The maximum Gasteiger partial charge on any atom is 0.271 e. The summed E-state index contributed by atoms with van der Waals surface area (Å²) < 4.78 is 53.5. The van der Waals surface area contributed by atoms with Gasteiger partial charge in [0.15, 0.2) is 23.1 Å². The molecule has 1 fully saturated rings. The zero-order chi connectivity index (χ0) is 34.8. The van der Waals surface area contributed by atoms with Crippen molar-refractivity contribution in [2.24, 2.45) is 0 Å². The molecule has 0 atom stereocenters. The first-order valence-corrected chi connectivity index (χ1v) is 16.2. The molecular weight excluding hydrogens is 650 g/mol. The maximum absolute atomic E-state index is 15.5. The number of aromatic nitrogens is 2. The Bertz CT molecular complexity index is 2110. The number of benzene rings is 3. The highest BCUT2D eigenvalue weighted by Crippen LogP contribution is 2.38. The molecular formula is C37H34F2N4O7. The van der Waals surface area contributed by atoms with Crippen LogP contribution in [-0.4, -0.2) is 71.5 Å². The molecule has 2 aromatic heterocycles. The van der Waals surface area contributed by atoms with Crippen molar-refractivity contribution >= 4 is 22.5 Å². The van der Waals surface area contributed by atoms with E-state index in [4.69, 9.17) is 18.9 Å². The summed E-state index contributed by atoms with van der Waals surface area (Å²) in [6.07, 6.45) is 4.85. The summed E-state index contributed by atoms with van der Waals surface area (Å²) in [4.78, 5) is 33.6. The molecule has 258 valence electrons. The predicted molar refractivity (Wildman–Crippen MR) is 181 cm³/mol. The van der Waals surface area contributed by atoms with E-state index in [1.165, 1.54) is 48.1 Å². The van der Waals surface area contributed by atoms with Crippen LogP contribution in [0.3, 0.4) is 0 Å². The van der Waals surface area contributed by atoms with Gasteiger partial charge in [-0.2, -0.15) is 0 Å². The molecule has 1 saturated heterocycles. The fourth-order valence-electron chi connectivity index (χ4n) is 6.14. The van der Waals surface area contributed by atoms with Gasteiger partial charge in [0.25, 0.3) is 11.5 Å². The summed E-state index contributed by atoms with van der Waals surface area (Å²) >= 11 is 0. The number of pyridine rings is 2. The largest absolute Gasteiger partial charge is 0.493 e. The lowest BCUT2D eigenvalue weighted by Crippen LogP contribution is -2.38. The van der Waals surface area contributed by atoms with Gasteiger partial charge in [-0.3, -0.25) is 24.0 Å². The van der Waals surface area contributed by atoms with Crippen molar-refractivity contribution in [2.75, 3.05) is 45.3 Å². The van der Waals surface area contributed by atoms with E-state index in [0.29, 0.717) is 59.0 Å². The van der Waals surface area contributed by atoms with Crippen molar-refractivity contribution in [1.29, 1.82) is 0 Å². The average molecular weight is 685 g/mol. The van der Waals surface area contributed by atoms with Crippen LogP contribution < -0.4 is 29.8 Å². The molecule has 11 nitrogen and oxygen atoms in total. The van der Waals surface area contributed by atoms with Crippen LogP contribution in [0.25, 0.3) is 16.6 Å². The number of methoxy groups -OCH3 is 1. The maximum atomic E-state index is 15.5. The number of hydrogen-bond acceptors (Lipinski definition) is 9. The smallest absolute Gasteiger partial charge is 0.271 e. The van der Waals surface area contributed by atoms with Crippen molar-refractivity contribution < 1.29 is 37.6 Å². The Morgan fingerprint density at radius 3 is 2.58 bits per heavy atom. The lowest BCUT2D eigenvalue weighted by atomic mass is 10.1. The number of piperidine rings is 1. The summed E-state index contributed by atoms with van der Waals surface area (Å²) in [6.45, 7) is 3.05. The minimum atomic E-state index is -0.780. The lowest BCUT2D eigenvalue weighted by molar-refractivity contribution is 0.0752. The highest BCUT2D eigenvalue weighted by Gasteiger charge is 2.27. The normalized spacial score (nSPS) is 14.6. The summed E-state index contributed by atoms with van der Waals surface area (Å²) in [6, 6.07) is 14.3. The number of nitrogens with one attached hydrogen (secondary N) is 1. The fraction of sp³-hybridized carbons (Fsp3) is 0.270.